The summed E-state index contributed by atoms with van der Waals surface area (Å²) in [6.07, 6.45) is 3.63. The molecule has 2 nitrogen and oxygen atoms in total. The zero-order chi connectivity index (χ0) is 10.4. The highest BCUT2D eigenvalue weighted by atomic mass is 32.2. The van der Waals surface area contributed by atoms with Crippen LogP contribution in [-0.4, -0.2) is 17.0 Å². The molecule has 2 atom stereocenters. The molecule has 3 heteroatoms. The van der Waals surface area contributed by atoms with Gasteiger partial charge >= 0.3 is 0 Å². The van der Waals surface area contributed by atoms with Gasteiger partial charge in [0.05, 0.1) is 10.8 Å². The van der Waals surface area contributed by atoms with Gasteiger partial charge in [-0.05, 0) is 49.1 Å². The summed E-state index contributed by atoms with van der Waals surface area (Å²) in [4.78, 5) is 1.08. The van der Waals surface area contributed by atoms with Crippen molar-refractivity contribution in [1.29, 1.82) is 0 Å². The normalized spacial score (nSPS) is 27.8. The largest absolute Gasteiger partial charge is 0.312 e. The molecular weight excluding hydrogens is 206 g/mol. The highest BCUT2D eigenvalue weighted by Crippen LogP contribution is 2.35. The van der Waals surface area contributed by atoms with Crippen LogP contribution in [0.5, 0.6) is 0 Å². The van der Waals surface area contributed by atoms with Crippen molar-refractivity contribution >= 4 is 10.8 Å². The fraction of sp³-hybridized carbons (Fsp3) is 0.500. The van der Waals surface area contributed by atoms with E-state index >= 15 is 0 Å². The van der Waals surface area contributed by atoms with E-state index in [0.29, 0.717) is 6.04 Å². The lowest BCUT2D eigenvalue weighted by atomic mass is 10.0. The summed E-state index contributed by atoms with van der Waals surface area (Å²) in [5, 5.41) is 3.25. The summed E-state index contributed by atoms with van der Waals surface area (Å²) in [6, 6.07) is 4.77. The highest BCUT2D eigenvalue weighted by molar-refractivity contribution is 7.85. The lowest BCUT2D eigenvalue weighted by Gasteiger charge is -2.10. The van der Waals surface area contributed by atoms with E-state index in [1.54, 1.807) is 0 Å². The highest BCUT2D eigenvalue weighted by Gasteiger charge is 2.29. The second-order valence-electron chi connectivity index (χ2n) is 4.37. The van der Waals surface area contributed by atoms with E-state index in [-0.39, 0.29) is 0 Å². The number of benzene rings is 1. The van der Waals surface area contributed by atoms with Crippen molar-refractivity contribution in [2.24, 2.45) is 0 Å². The van der Waals surface area contributed by atoms with E-state index < -0.39 is 10.8 Å². The molecule has 1 N–H and O–H groups in total. The molecule has 1 aliphatic heterocycles. The molecule has 2 unspecified atom stereocenters. The average molecular weight is 221 g/mol. The quantitative estimate of drug-likeness (QED) is 0.779. The second kappa shape index (κ2) is 3.42. The third kappa shape index (κ3) is 1.37. The molecule has 1 aromatic rings. The first-order valence-electron chi connectivity index (χ1n) is 5.51. The van der Waals surface area contributed by atoms with Crippen LogP contribution in [0, 0.1) is 0 Å². The fourth-order valence-corrected chi connectivity index (χ4v) is 4.23. The topological polar surface area (TPSA) is 29.1 Å². The first kappa shape index (κ1) is 9.55. The lowest BCUT2D eigenvalue weighted by molar-refractivity contribution is 0.652. The van der Waals surface area contributed by atoms with Crippen molar-refractivity contribution in [3.8, 4) is 0 Å². The van der Waals surface area contributed by atoms with E-state index in [2.05, 4.69) is 17.4 Å². The van der Waals surface area contributed by atoms with Crippen LogP contribution >= 0.6 is 0 Å². The summed E-state index contributed by atoms with van der Waals surface area (Å²) in [6.45, 7) is 0. The summed E-state index contributed by atoms with van der Waals surface area (Å²) >= 11 is 0. The zero-order valence-corrected chi connectivity index (χ0v) is 9.69. The number of hydrogen-bond acceptors (Lipinski definition) is 2. The Balaban J connectivity index is 2.15. The summed E-state index contributed by atoms with van der Waals surface area (Å²) in [5.41, 5.74) is 4.18. The summed E-state index contributed by atoms with van der Waals surface area (Å²) in [5.74, 6) is 0.745. The predicted octanol–water partition coefficient (Wildman–Crippen LogP) is 1.56. The summed E-state index contributed by atoms with van der Waals surface area (Å²) in [7, 11) is 1.17. The number of aryl methyl sites for hydroxylation is 2. The van der Waals surface area contributed by atoms with Crippen molar-refractivity contribution in [3.05, 3.63) is 28.8 Å². The van der Waals surface area contributed by atoms with Crippen LogP contribution < -0.4 is 5.32 Å². The molecule has 1 heterocycles. The Morgan fingerprint density at radius 1 is 1.33 bits per heavy atom. The molecule has 15 heavy (non-hydrogen) atoms. The van der Waals surface area contributed by atoms with Gasteiger partial charge in [0.1, 0.15) is 0 Å². The molecule has 0 saturated carbocycles. The molecule has 0 saturated heterocycles. The van der Waals surface area contributed by atoms with E-state index in [0.717, 1.165) is 10.6 Å². The minimum atomic E-state index is -0.783. The van der Waals surface area contributed by atoms with Gasteiger partial charge in [-0.3, -0.25) is 4.21 Å². The van der Waals surface area contributed by atoms with E-state index in [4.69, 9.17) is 0 Å². The predicted molar refractivity (Wildman–Crippen MR) is 61.5 cm³/mol. The minimum absolute atomic E-state index is 0.298. The Morgan fingerprint density at radius 2 is 2.07 bits per heavy atom. The van der Waals surface area contributed by atoms with Crippen LogP contribution in [0.2, 0.25) is 0 Å². The monoisotopic (exact) mass is 221 g/mol. The molecule has 0 fully saturated rings. The molecule has 1 aliphatic carbocycles. The molecule has 0 radical (unpaired) electrons. The molecule has 1 aromatic carbocycles. The average Bonchev–Trinajstić information content (AvgIpc) is 2.81. The molecule has 0 bridgehead atoms. The zero-order valence-electron chi connectivity index (χ0n) is 8.88. The maximum atomic E-state index is 11.9. The van der Waals surface area contributed by atoms with E-state index in [1.165, 1.54) is 36.0 Å². The first-order chi connectivity index (χ1) is 7.29. The van der Waals surface area contributed by atoms with Crippen molar-refractivity contribution < 1.29 is 4.21 Å². The van der Waals surface area contributed by atoms with E-state index in [9.17, 15) is 4.21 Å². The Bertz CT molecular complexity index is 441. The van der Waals surface area contributed by atoms with Crippen molar-refractivity contribution in [2.75, 3.05) is 12.8 Å². The SMILES string of the molecule is CNC1CS(=O)c2cc3c(cc21)CCC3. The van der Waals surface area contributed by atoms with Gasteiger partial charge in [-0.2, -0.15) is 0 Å². The van der Waals surface area contributed by atoms with Crippen LogP contribution in [0.3, 0.4) is 0 Å². The van der Waals surface area contributed by atoms with Crippen LogP contribution in [-0.2, 0) is 23.6 Å². The molecule has 0 aromatic heterocycles. The van der Waals surface area contributed by atoms with Gasteiger partial charge in [0.25, 0.3) is 0 Å². The Hall–Kier alpha value is -0.670. The maximum Gasteiger partial charge on any atom is 0.0552 e. The molecule has 0 spiro atoms. The molecular formula is C12H15NOS. The van der Waals surface area contributed by atoms with Crippen LogP contribution in [0.1, 0.15) is 29.2 Å². The third-order valence-electron chi connectivity index (χ3n) is 3.51. The minimum Gasteiger partial charge on any atom is -0.312 e. The number of hydrogen-bond donors (Lipinski definition) is 1. The number of nitrogens with one attached hydrogen (secondary N) is 1. The molecule has 80 valence electrons. The van der Waals surface area contributed by atoms with Crippen molar-refractivity contribution in [3.63, 3.8) is 0 Å². The van der Waals surface area contributed by atoms with Crippen LogP contribution in [0.4, 0.5) is 0 Å². The van der Waals surface area contributed by atoms with Crippen molar-refractivity contribution in [1.82, 2.24) is 5.32 Å². The standard InChI is InChI=1S/C12H15NOS/c1-13-11-7-15(14)12-6-9-4-2-3-8(9)5-10(11)12/h5-6,11,13H,2-4,7H2,1H3. The molecule has 3 rings (SSSR count). The van der Waals surface area contributed by atoms with Crippen molar-refractivity contribution in [2.45, 2.75) is 30.2 Å². The van der Waals surface area contributed by atoms with Gasteiger partial charge in [0.15, 0.2) is 0 Å². The Morgan fingerprint density at radius 3 is 2.80 bits per heavy atom. The van der Waals surface area contributed by atoms with Gasteiger partial charge in [0.2, 0.25) is 0 Å². The van der Waals surface area contributed by atoms with Gasteiger partial charge in [-0.1, -0.05) is 6.07 Å². The lowest BCUT2D eigenvalue weighted by Crippen LogP contribution is -2.16. The maximum absolute atomic E-state index is 11.9. The van der Waals surface area contributed by atoms with Gasteiger partial charge in [-0.15, -0.1) is 0 Å². The molecule has 0 amide bonds. The Labute approximate surface area is 92.5 Å². The summed E-state index contributed by atoms with van der Waals surface area (Å²) < 4.78 is 11.9. The first-order valence-corrected chi connectivity index (χ1v) is 6.83. The van der Waals surface area contributed by atoms with Gasteiger partial charge in [-0.25, -0.2) is 0 Å². The van der Waals surface area contributed by atoms with Gasteiger partial charge in [0, 0.05) is 16.7 Å². The third-order valence-corrected chi connectivity index (χ3v) is 4.99. The van der Waals surface area contributed by atoms with Crippen LogP contribution in [0.25, 0.3) is 0 Å². The number of rotatable bonds is 1. The Kier molecular flexibility index (Phi) is 2.18. The van der Waals surface area contributed by atoms with Crippen LogP contribution in [0.15, 0.2) is 17.0 Å². The van der Waals surface area contributed by atoms with Gasteiger partial charge < -0.3 is 5.32 Å². The van der Waals surface area contributed by atoms with E-state index in [1.807, 2.05) is 7.05 Å². The number of fused-ring (bicyclic) bond motifs is 2. The fourth-order valence-electron chi connectivity index (χ4n) is 2.66. The smallest absolute Gasteiger partial charge is 0.0552 e. The molecule has 2 aliphatic rings. The second-order valence-corrected chi connectivity index (χ2v) is 5.83.